The van der Waals surface area contributed by atoms with E-state index in [1.54, 1.807) is 12.3 Å². The molecule has 1 aliphatic rings. The summed E-state index contributed by atoms with van der Waals surface area (Å²) in [4.78, 5) is 11.4. The number of ether oxygens (including phenoxy) is 1. The summed E-state index contributed by atoms with van der Waals surface area (Å²) in [5.41, 5.74) is 0.506. The van der Waals surface area contributed by atoms with Crippen LogP contribution in [-0.2, 0) is 9.53 Å². The molecule has 0 radical (unpaired) electrons. The Hall–Kier alpha value is -1.25. The highest BCUT2D eigenvalue weighted by molar-refractivity contribution is 5.92. The lowest BCUT2D eigenvalue weighted by Gasteiger charge is -2.28. The number of rotatable bonds is 3. The molecule has 1 unspecified atom stereocenters. The van der Waals surface area contributed by atoms with Gasteiger partial charge in [-0.1, -0.05) is 6.92 Å². The quantitative estimate of drug-likeness (QED) is 0.697. The van der Waals surface area contributed by atoms with Crippen LogP contribution in [0.15, 0.2) is 23.9 Å². The minimum absolute atomic E-state index is 0.128. The molecule has 0 bridgehead atoms. The first kappa shape index (κ1) is 10.8. The molecule has 0 aromatic rings. The van der Waals surface area contributed by atoms with E-state index in [-0.39, 0.29) is 11.5 Å². The minimum Gasteiger partial charge on any atom is -0.462 e. The number of esters is 1. The fourth-order valence-corrected chi connectivity index (χ4v) is 1.30. The van der Waals surface area contributed by atoms with Crippen molar-refractivity contribution in [3.8, 4) is 0 Å². The topological polar surface area (TPSA) is 38.3 Å². The average molecular weight is 195 g/mol. The van der Waals surface area contributed by atoms with Crippen molar-refractivity contribution in [2.45, 2.75) is 32.7 Å². The first-order valence-corrected chi connectivity index (χ1v) is 4.95. The number of carbonyl (C=O) groups is 1. The van der Waals surface area contributed by atoms with Gasteiger partial charge in [0.05, 0.1) is 17.7 Å². The number of hydrogen-bond acceptors (Lipinski definition) is 3. The zero-order valence-electron chi connectivity index (χ0n) is 8.96. The highest BCUT2D eigenvalue weighted by Gasteiger charge is 2.23. The Bertz CT molecular complexity index is 281. The van der Waals surface area contributed by atoms with Gasteiger partial charge in [-0.2, -0.15) is 0 Å². The first-order valence-electron chi connectivity index (χ1n) is 4.95. The van der Waals surface area contributed by atoms with E-state index in [2.05, 4.69) is 19.2 Å². The highest BCUT2D eigenvalue weighted by atomic mass is 16.5. The lowest BCUT2D eigenvalue weighted by molar-refractivity contribution is -0.138. The van der Waals surface area contributed by atoms with Crippen LogP contribution in [0.4, 0.5) is 0 Å². The first-order chi connectivity index (χ1) is 6.61. The molecule has 1 aliphatic heterocycles. The molecule has 3 nitrogen and oxygen atoms in total. The summed E-state index contributed by atoms with van der Waals surface area (Å²) in [7, 11) is 0. The van der Waals surface area contributed by atoms with Crippen molar-refractivity contribution < 1.29 is 9.53 Å². The molecule has 14 heavy (non-hydrogen) atoms. The van der Waals surface area contributed by atoms with Gasteiger partial charge in [-0.25, -0.2) is 4.79 Å². The smallest absolute Gasteiger partial charge is 0.337 e. The summed E-state index contributed by atoms with van der Waals surface area (Å²) < 4.78 is 4.93. The van der Waals surface area contributed by atoms with Crippen LogP contribution in [0, 0.1) is 0 Å². The minimum atomic E-state index is -0.245. The van der Waals surface area contributed by atoms with E-state index >= 15 is 0 Å². The molecule has 0 amide bonds. The van der Waals surface area contributed by atoms with Crippen molar-refractivity contribution in [1.29, 1.82) is 0 Å². The van der Waals surface area contributed by atoms with E-state index < -0.39 is 0 Å². The number of carbonyl (C=O) groups excluding carboxylic acids is 1. The average Bonchev–Trinajstić information content (AvgIpc) is 2.18. The maximum Gasteiger partial charge on any atom is 0.337 e. The molecule has 0 saturated carbocycles. The Morgan fingerprint density at radius 2 is 2.29 bits per heavy atom. The maximum absolute atomic E-state index is 11.4. The van der Waals surface area contributed by atoms with Crippen molar-refractivity contribution in [3.05, 3.63) is 23.9 Å². The van der Waals surface area contributed by atoms with Gasteiger partial charge in [0.1, 0.15) is 0 Å². The van der Waals surface area contributed by atoms with Gasteiger partial charge in [-0.05, 0) is 38.6 Å². The normalized spacial score (nSPS) is 25.2. The molecule has 1 N–H and O–H groups in total. The lowest BCUT2D eigenvalue weighted by atomic mass is 9.93. The second-order valence-corrected chi connectivity index (χ2v) is 3.57. The molecule has 1 rings (SSSR count). The summed E-state index contributed by atoms with van der Waals surface area (Å²) in [6.07, 6.45) is 6.40. The van der Waals surface area contributed by atoms with Crippen molar-refractivity contribution >= 4 is 5.97 Å². The molecule has 1 heterocycles. The van der Waals surface area contributed by atoms with Crippen LogP contribution in [0.3, 0.4) is 0 Å². The van der Waals surface area contributed by atoms with Crippen LogP contribution >= 0.6 is 0 Å². The fraction of sp³-hybridized carbons (Fsp3) is 0.545. The van der Waals surface area contributed by atoms with Gasteiger partial charge in [0.15, 0.2) is 0 Å². The Morgan fingerprint density at radius 1 is 1.57 bits per heavy atom. The molecular weight excluding hydrogens is 178 g/mol. The summed E-state index contributed by atoms with van der Waals surface area (Å²) >= 11 is 0. The second-order valence-electron chi connectivity index (χ2n) is 3.57. The second kappa shape index (κ2) is 4.31. The summed E-state index contributed by atoms with van der Waals surface area (Å²) in [6.45, 7) is 6.35. The molecule has 78 valence electrons. The van der Waals surface area contributed by atoms with Crippen molar-refractivity contribution in [2.24, 2.45) is 0 Å². The Labute approximate surface area is 84.8 Å². The van der Waals surface area contributed by atoms with Crippen LogP contribution in [0.25, 0.3) is 0 Å². The van der Waals surface area contributed by atoms with Gasteiger partial charge >= 0.3 is 5.97 Å². The summed E-state index contributed by atoms with van der Waals surface area (Å²) in [5, 5.41) is 3.21. The zero-order chi connectivity index (χ0) is 10.6. The van der Waals surface area contributed by atoms with Gasteiger partial charge in [0.25, 0.3) is 0 Å². The molecule has 0 saturated heterocycles. The van der Waals surface area contributed by atoms with Gasteiger partial charge in [0, 0.05) is 0 Å². The number of dihydropyridines is 1. The third-order valence-electron chi connectivity index (χ3n) is 2.40. The largest absolute Gasteiger partial charge is 0.462 e. The van der Waals surface area contributed by atoms with Crippen LogP contribution in [0.1, 0.15) is 27.2 Å². The van der Waals surface area contributed by atoms with E-state index in [9.17, 15) is 4.79 Å². The van der Waals surface area contributed by atoms with E-state index in [1.807, 2.05) is 13.0 Å². The summed E-state index contributed by atoms with van der Waals surface area (Å²) in [5.74, 6) is -0.245. The highest BCUT2D eigenvalue weighted by Crippen LogP contribution is 2.19. The van der Waals surface area contributed by atoms with Crippen molar-refractivity contribution in [1.82, 2.24) is 5.32 Å². The molecule has 0 fully saturated rings. The SMILES string of the molecule is CCOC(=O)C1=CC(C)(CC)NC=C1. The maximum atomic E-state index is 11.4. The Balaban J connectivity index is 2.78. The van der Waals surface area contributed by atoms with E-state index in [0.717, 1.165) is 6.42 Å². The predicted molar refractivity (Wildman–Crippen MR) is 55.7 cm³/mol. The standard InChI is InChI=1S/C11H17NO2/c1-4-11(3)8-9(6-7-12-11)10(13)14-5-2/h6-8,12H,4-5H2,1-3H3. The monoisotopic (exact) mass is 195 g/mol. The number of nitrogens with one attached hydrogen (secondary N) is 1. The third kappa shape index (κ3) is 2.37. The Morgan fingerprint density at radius 3 is 2.86 bits per heavy atom. The van der Waals surface area contributed by atoms with Gasteiger partial charge in [-0.3, -0.25) is 0 Å². The molecule has 3 heteroatoms. The molecule has 0 aromatic heterocycles. The number of hydrogen-bond donors (Lipinski definition) is 1. The molecule has 1 atom stereocenters. The van der Waals surface area contributed by atoms with Gasteiger partial charge < -0.3 is 10.1 Å². The van der Waals surface area contributed by atoms with Crippen LogP contribution < -0.4 is 5.32 Å². The Kier molecular flexibility index (Phi) is 3.33. The molecule has 0 aliphatic carbocycles. The van der Waals surface area contributed by atoms with Crippen LogP contribution in [0.5, 0.6) is 0 Å². The predicted octanol–water partition coefficient (Wildman–Crippen LogP) is 1.76. The van der Waals surface area contributed by atoms with E-state index in [4.69, 9.17) is 4.74 Å². The third-order valence-corrected chi connectivity index (χ3v) is 2.40. The van der Waals surface area contributed by atoms with Gasteiger partial charge in [-0.15, -0.1) is 0 Å². The fourth-order valence-electron chi connectivity index (χ4n) is 1.30. The van der Waals surface area contributed by atoms with Crippen LogP contribution in [0.2, 0.25) is 0 Å². The lowest BCUT2D eigenvalue weighted by Crippen LogP contribution is -2.38. The summed E-state index contributed by atoms with van der Waals surface area (Å²) in [6, 6.07) is 0. The van der Waals surface area contributed by atoms with Gasteiger partial charge in [0.2, 0.25) is 0 Å². The molecular formula is C11H17NO2. The molecule has 0 spiro atoms. The van der Waals surface area contributed by atoms with Crippen LogP contribution in [-0.4, -0.2) is 18.1 Å². The van der Waals surface area contributed by atoms with E-state index in [0.29, 0.717) is 12.2 Å². The zero-order valence-corrected chi connectivity index (χ0v) is 8.96. The molecule has 0 aromatic carbocycles. The van der Waals surface area contributed by atoms with Crippen molar-refractivity contribution in [2.75, 3.05) is 6.61 Å². The van der Waals surface area contributed by atoms with Crippen molar-refractivity contribution in [3.63, 3.8) is 0 Å². The van der Waals surface area contributed by atoms with E-state index in [1.165, 1.54) is 0 Å².